The molecule has 0 aromatic rings. The number of ether oxygens (including phenoxy) is 1. The molecule has 0 saturated heterocycles. The lowest BCUT2D eigenvalue weighted by Gasteiger charge is -2.18. The summed E-state index contributed by atoms with van der Waals surface area (Å²) in [5.74, 6) is 0. The minimum absolute atomic E-state index is 0.360. The van der Waals surface area contributed by atoms with Gasteiger partial charge in [0.25, 0.3) is 0 Å². The van der Waals surface area contributed by atoms with Crippen LogP contribution in [0.15, 0.2) is 0 Å². The molecule has 3 heteroatoms. The van der Waals surface area contributed by atoms with Gasteiger partial charge >= 0.3 is 0 Å². The van der Waals surface area contributed by atoms with Crippen LogP contribution in [0.5, 0.6) is 0 Å². The van der Waals surface area contributed by atoms with E-state index in [1.807, 2.05) is 0 Å². The summed E-state index contributed by atoms with van der Waals surface area (Å²) >= 11 is 0. The maximum Gasteiger partial charge on any atom is 0.0897 e. The van der Waals surface area contributed by atoms with E-state index in [2.05, 4.69) is 26.1 Å². The van der Waals surface area contributed by atoms with Gasteiger partial charge in [-0.2, -0.15) is 0 Å². The highest BCUT2D eigenvalue weighted by Gasteiger charge is 2.09. The molecule has 0 aliphatic carbocycles. The maximum absolute atomic E-state index is 9.29. The summed E-state index contributed by atoms with van der Waals surface area (Å²) in [7, 11) is 1.60. The molecule has 0 aliphatic rings. The lowest BCUT2D eigenvalue weighted by molar-refractivity contribution is 0.0642. The molecule has 1 atom stereocenters. The van der Waals surface area contributed by atoms with Crippen LogP contribution in [0, 0.1) is 5.41 Å². The van der Waals surface area contributed by atoms with Crippen molar-refractivity contribution in [2.24, 2.45) is 5.41 Å². The molecule has 0 radical (unpaired) electrons. The Morgan fingerprint density at radius 2 is 2.00 bits per heavy atom. The third-order valence-corrected chi connectivity index (χ3v) is 1.79. The van der Waals surface area contributed by atoms with E-state index >= 15 is 0 Å². The Labute approximate surface area is 81.5 Å². The van der Waals surface area contributed by atoms with Gasteiger partial charge < -0.3 is 15.2 Å². The molecule has 13 heavy (non-hydrogen) atoms. The average Bonchev–Trinajstić information content (AvgIpc) is 1.97. The first-order chi connectivity index (χ1) is 5.95. The fourth-order valence-electron chi connectivity index (χ4n) is 0.983. The fourth-order valence-corrected chi connectivity index (χ4v) is 0.983. The molecule has 0 spiro atoms. The number of aliphatic hydroxyl groups is 1. The molecule has 2 N–H and O–H groups in total. The largest absolute Gasteiger partial charge is 0.389 e. The lowest BCUT2D eigenvalue weighted by atomic mass is 9.92. The zero-order valence-corrected chi connectivity index (χ0v) is 9.26. The number of methoxy groups -OCH3 is 1. The topological polar surface area (TPSA) is 41.5 Å². The van der Waals surface area contributed by atoms with Crippen LogP contribution in [0.2, 0.25) is 0 Å². The zero-order chi connectivity index (χ0) is 10.3. The van der Waals surface area contributed by atoms with Gasteiger partial charge in [0.15, 0.2) is 0 Å². The second kappa shape index (κ2) is 6.35. The van der Waals surface area contributed by atoms with Gasteiger partial charge in [-0.1, -0.05) is 20.8 Å². The van der Waals surface area contributed by atoms with Gasteiger partial charge in [0.1, 0.15) is 0 Å². The molecule has 0 saturated carbocycles. The standard InChI is InChI=1S/C10H23NO2/c1-10(2,3)5-6-11-7-9(12)8-13-4/h9,11-12H,5-8H2,1-4H3. The molecular formula is C10H23NO2. The van der Waals surface area contributed by atoms with Crippen molar-refractivity contribution in [3.8, 4) is 0 Å². The van der Waals surface area contributed by atoms with E-state index in [1.165, 1.54) is 0 Å². The molecular weight excluding hydrogens is 166 g/mol. The van der Waals surface area contributed by atoms with Gasteiger partial charge in [-0.25, -0.2) is 0 Å². The average molecular weight is 189 g/mol. The summed E-state index contributed by atoms with van der Waals surface area (Å²) in [6.07, 6.45) is 0.733. The summed E-state index contributed by atoms with van der Waals surface area (Å²) in [5, 5.41) is 12.5. The predicted octanol–water partition coefficient (Wildman–Crippen LogP) is 1.02. The monoisotopic (exact) mass is 189 g/mol. The number of aliphatic hydroxyl groups excluding tert-OH is 1. The van der Waals surface area contributed by atoms with Crippen LogP contribution < -0.4 is 5.32 Å². The minimum Gasteiger partial charge on any atom is -0.389 e. The molecule has 0 aromatic carbocycles. The van der Waals surface area contributed by atoms with Crippen LogP contribution in [-0.4, -0.2) is 38.0 Å². The Balaban J connectivity index is 3.25. The van der Waals surface area contributed by atoms with Gasteiger partial charge in [-0.3, -0.25) is 0 Å². The van der Waals surface area contributed by atoms with Crippen molar-refractivity contribution in [1.82, 2.24) is 5.32 Å². The zero-order valence-electron chi connectivity index (χ0n) is 9.26. The highest BCUT2D eigenvalue weighted by atomic mass is 16.5. The van der Waals surface area contributed by atoms with Crippen LogP contribution in [0.3, 0.4) is 0 Å². The summed E-state index contributed by atoms with van der Waals surface area (Å²) in [5.41, 5.74) is 0.360. The third kappa shape index (κ3) is 9.80. The predicted molar refractivity (Wildman–Crippen MR) is 54.8 cm³/mol. The van der Waals surface area contributed by atoms with Crippen molar-refractivity contribution in [3.05, 3.63) is 0 Å². The maximum atomic E-state index is 9.29. The first-order valence-electron chi connectivity index (χ1n) is 4.83. The van der Waals surface area contributed by atoms with Crippen molar-refractivity contribution in [2.45, 2.75) is 33.3 Å². The van der Waals surface area contributed by atoms with Gasteiger partial charge in [-0.15, -0.1) is 0 Å². The number of nitrogens with one attached hydrogen (secondary N) is 1. The molecule has 0 amide bonds. The van der Waals surface area contributed by atoms with Gasteiger partial charge in [0, 0.05) is 13.7 Å². The first kappa shape index (κ1) is 12.9. The minimum atomic E-state index is -0.384. The van der Waals surface area contributed by atoms with Crippen LogP contribution >= 0.6 is 0 Å². The van der Waals surface area contributed by atoms with E-state index < -0.39 is 0 Å². The van der Waals surface area contributed by atoms with E-state index in [0.717, 1.165) is 13.0 Å². The molecule has 0 aliphatic heterocycles. The number of hydrogen-bond acceptors (Lipinski definition) is 3. The third-order valence-electron chi connectivity index (χ3n) is 1.79. The molecule has 0 bridgehead atoms. The molecule has 3 nitrogen and oxygen atoms in total. The van der Waals surface area contributed by atoms with E-state index in [0.29, 0.717) is 18.6 Å². The smallest absolute Gasteiger partial charge is 0.0897 e. The van der Waals surface area contributed by atoms with Crippen LogP contribution in [0.4, 0.5) is 0 Å². The van der Waals surface area contributed by atoms with Crippen molar-refractivity contribution < 1.29 is 9.84 Å². The van der Waals surface area contributed by atoms with Gasteiger partial charge in [-0.05, 0) is 18.4 Å². The summed E-state index contributed by atoms with van der Waals surface area (Å²) in [6, 6.07) is 0. The molecule has 0 fully saturated rings. The normalized spacial score (nSPS) is 14.5. The second-order valence-electron chi connectivity index (χ2n) is 4.62. The Morgan fingerprint density at radius 3 is 2.46 bits per heavy atom. The van der Waals surface area contributed by atoms with E-state index in [4.69, 9.17) is 4.74 Å². The Kier molecular flexibility index (Phi) is 6.29. The molecule has 0 aromatic heterocycles. The molecule has 1 unspecified atom stereocenters. The van der Waals surface area contributed by atoms with Crippen LogP contribution in [0.1, 0.15) is 27.2 Å². The van der Waals surface area contributed by atoms with E-state index in [1.54, 1.807) is 7.11 Å². The van der Waals surface area contributed by atoms with E-state index in [9.17, 15) is 5.11 Å². The lowest BCUT2D eigenvalue weighted by Crippen LogP contribution is -2.31. The summed E-state index contributed by atoms with van der Waals surface area (Å²) in [6.45, 7) is 8.59. The van der Waals surface area contributed by atoms with Crippen LogP contribution in [0.25, 0.3) is 0 Å². The molecule has 0 rings (SSSR count). The molecule has 80 valence electrons. The Bertz CT molecular complexity index is 121. The Hall–Kier alpha value is -0.120. The van der Waals surface area contributed by atoms with Crippen LogP contribution in [-0.2, 0) is 4.74 Å². The van der Waals surface area contributed by atoms with Gasteiger partial charge in [0.2, 0.25) is 0 Å². The van der Waals surface area contributed by atoms with E-state index in [-0.39, 0.29) is 6.10 Å². The highest BCUT2D eigenvalue weighted by molar-refractivity contribution is 4.64. The van der Waals surface area contributed by atoms with Crippen molar-refractivity contribution in [1.29, 1.82) is 0 Å². The number of rotatable bonds is 6. The summed E-state index contributed by atoms with van der Waals surface area (Å²) < 4.78 is 4.81. The summed E-state index contributed by atoms with van der Waals surface area (Å²) in [4.78, 5) is 0. The molecule has 0 heterocycles. The Morgan fingerprint density at radius 1 is 1.38 bits per heavy atom. The quantitative estimate of drug-likeness (QED) is 0.613. The van der Waals surface area contributed by atoms with Crippen molar-refractivity contribution in [2.75, 3.05) is 26.8 Å². The number of hydrogen-bond donors (Lipinski definition) is 2. The SMILES string of the molecule is COCC(O)CNCCC(C)(C)C. The van der Waals surface area contributed by atoms with Crippen molar-refractivity contribution >= 4 is 0 Å². The first-order valence-corrected chi connectivity index (χ1v) is 4.83. The highest BCUT2D eigenvalue weighted by Crippen LogP contribution is 2.16. The fraction of sp³-hybridized carbons (Fsp3) is 1.00. The second-order valence-corrected chi connectivity index (χ2v) is 4.62. The van der Waals surface area contributed by atoms with Crippen molar-refractivity contribution in [3.63, 3.8) is 0 Å². The van der Waals surface area contributed by atoms with Gasteiger partial charge in [0.05, 0.1) is 12.7 Å².